The Labute approximate surface area is 128 Å². The molecule has 2 atom stereocenters. The van der Waals surface area contributed by atoms with E-state index in [1.54, 1.807) is 0 Å². The van der Waals surface area contributed by atoms with E-state index in [-0.39, 0.29) is 0 Å². The Hall–Kier alpha value is -1.42. The first-order chi connectivity index (χ1) is 9.83. The molecule has 2 aromatic rings. The van der Waals surface area contributed by atoms with E-state index < -0.39 is 20.0 Å². The Morgan fingerprint density at radius 3 is 1.86 bits per heavy atom. The van der Waals surface area contributed by atoms with Gasteiger partial charge >= 0.3 is 0 Å². The third-order valence-electron chi connectivity index (χ3n) is 3.50. The number of benzene rings is 2. The molecule has 0 aliphatic carbocycles. The van der Waals surface area contributed by atoms with Gasteiger partial charge in [0.15, 0.2) is 8.32 Å². The molecule has 1 N–H and O–H groups in total. The van der Waals surface area contributed by atoms with Crippen LogP contribution in [-0.4, -0.2) is 13.4 Å². The van der Waals surface area contributed by atoms with E-state index in [1.165, 1.54) is 0 Å². The fourth-order valence-electron chi connectivity index (χ4n) is 2.63. The highest BCUT2D eigenvalue weighted by atomic mass is 28.4. The molecule has 0 saturated heterocycles. The highest BCUT2D eigenvalue weighted by Gasteiger charge is 2.40. The molecule has 3 heteroatoms. The van der Waals surface area contributed by atoms with E-state index in [9.17, 15) is 5.11 Å². The van der Waals surface area contributed by atoms with E-state index in [2.05, 4.69) is 19.6 Å². The van der Waals surface area contributed by atoms with Gasteiger partial charge < -0.3 is 9.53 Å². The standard InChI is InChI=1S/C18H24O2Si/c1-18(20-21(2,3)4,16-13-9-6-10-14-16)17(19)15-11-7-5-8-12-15/h5-14,17,19H,1-4H3/t17-,18+/m1/s1. The van der Waals surface area contributed by atoms with Crippen LogP contribution in [0.5, 0.6) is 0 Å². The van der Waals surface area contributed by atoms with Gasteiger partial charge in [0.1, 0.15) is 11.7 Å². The second-order valence-electron chi connectivity index (χ2n) is 6.50. The zero-order valence-corrected chi connectivity index (χ0v) is 14.2. The van der Waals surface area contributed by atoms with Crippen LogP contribution >= 0.6 is 0 Å². The van der Waals surface area contributed by atoms with Crippen molar-refractivity contribution in [1.29, 1.82) is 0 Å². The topological polar surface area (TPSA) is 29.5 Å². The summed E-state index contributed by atoms with van der Waals surface area (Å²) in [6, 6.07) is 19.7. The molecule has 2 rings (SSSR count). The van der Waals surface area contributed by atoms with Crippen molar-refractivity contribution in [3.05, 3.63) is 71.8 Å². The largest absolute Gasteiger partial charge is 0.405 e. The molecule has 0 heterocycles. The minimum atomic E-state index is -1.83. The second kappa shape index (κ2) is 6.14. The molecule has 21 heavy (non-hydrogen) atoms. The van der Waals surface area contributed by atoms with Crippen LogP contribution in [0.3, 0.4) is 0 Å². The van der Waals surface area contributed by atoms with Crippen molar-refractivity contribution in [3.8, 4) is 0 Å². The van der Waals surface area contributed by atoms with Gasteiger partial charge in [-0.25, -0.2) is 0 Å². The molecule has 0 aliphatic rings. The lowest BCUT2D eigenvalue weighted by atomic mass is 9.86. The Balaban J connectivity index is 2.46. The third kappa shape index (κ3) is 3.82. The van der Waals surface area contributed by atoms with Gasteiger partial charge in [-0.3, -0.25) is 0 Å². The molecule has 0 saturated carbocycles. The zero-order valence-electron chi connectivity index (χ0n) is 13.2. The fraction of sp³-hybridized carbons (Fsp3) is 0.333. The van der Waals surface area contributed by atoms with Crippen molar-refractivity contribution in [2.24, 2.45) is 0 Å². The summed E-state index contributed by atoms with van der Waals surface area (Å²) in [6.07, 6.45) is -0.701. The number of hydrogen-bond acceptors (Lipinski definition) is 2. The average Bonchev–Trinajstić information content (AvgIpc) is 2.46. The average molecular weight is 300 g/mol. The first kappa shape index (κ1) is 16.0. The maximum atomic E-state index is 11.0. The molecular formula is C18H24O2Si. The molecular weight excluding hydrogens is 276 g/mol. The summed E-state index contributed by atoms with van der Waals surface area (Å²) in [4.78, 5) is 0. The van der Waals surface area contributed by atoms with E-state index in [0.29, 0.717) is 0 Å². The van der Waals surface area contributed by atoms with Gasteiger partial charge in [-0.05, 0) is 37.7 Å². The minimum Gasteiger partial charge on any atom is -0.405 e. The highest BCUT2D eigenvalue weighted by Crippen LogP contribution is 2.40. The zero-order chi connectivity index (χ0) is 15.5. The Morgan fingerprint density at radius 2 is 1.38 bits per heavy atom. The van der Waals surface area contributed by atoms with Crippen molar-refractivity contribution in [1.82, 2.24) is 0 Å². The van der Waals surface area contributed by atoms with Crippen LogP contribution in [0.25, 0.3) is 0 Å². The van der Waals surface area contributed by atoms with Gasteiger partial charge in [-0.15, -0.1) is 0 Å². The van der Waals surface area contributed by atoms with Crippen LogP contribution < -0.4 is 0 Å². The van der Waals surface area contributed by atoms with Crippen LogP contribution in [0.1, 0.15) is 24.2 Å². The second-order valence-corrected chi connectivity index (χ2v) is 10.9. The Morgan fingerprint density at radius 1 is 0.905 bits per heavy atom. The first-order valence-electron chi connectivity index (χ1n) is 7.32. The monoisotopic (exact) mass is 300 g/mol. The third-order valence-corrected chi connectivity index (χ3v) is 4.54. The summed E-state index contributed by atoms with van der Waals surface area (Å²) in [5.41, 5.74) is 1.14. The number of aliphatic hydroxyl groups is 1. The van der Waals surface area contributed by atoms with Gasteiger partial charge in [0.05, 0.1) is 0 Å². The first-order valence-corrected chi connectivity index (χ1v) is 10.7. The lowest BCUT2D eigenvalue weighted by Gasteiger charge is -2.40. The smallest absolute Gasteiger partial charge is 0.185 e. The van der Waals surface area contributed by atoms with Gasteiger partial charge in [-0.2, -0.15) is 0 Å². The summed E-state index contributed by atoms with van der Waals surface area (Å²) >= 11 is 0. The van der Waals surface area contributed by atoms with Gasteiger partial charge in [0.2, 0.25) is 0 Å². The number of hydrogen-bond donors (Lipinski definition) is 1. The van der Waals surface area contributed by atoms with E-state index >= 15 is 0 Å². The normalized spacial score (nSPS) is 16.2. The molecule has 0 bridgehead atoms. The van der Waals surface area contributed by atoms with Crippen LogP contribution in [0.2, 0.25) is 19.6 Å². The molecule has 0 fully saturated rings. The van der Waals surface area contributed by atoms with Crippen molar-refractivity contribution >= 4 is 8.32 Å². The van der Waals surface area contributed by atoms with Crippen molar-refractivity contribution in [2.75, 3.05) is 0 Å². The summed E-state index contributed by atoms with van der Waals surface area (Å²) < 4.78 is 6.42. The van der Waals surface area contributed by atoms with Crippen molar-refractivity contribution in [2.45, 2.75) is 38.3 Å². The summed E-state index contributed by atoms with van der Waals surface area (Å²) in [6.45, 7) is 8.42. The summed E-state index contributed by atoms with van der Waals surface area (Å²) in [7, 11) is -1.83. The van der Waals surface area contributed by atoms with Crippen molar-refractivity contribution < 1.29 is 9.53 Å². The van der Waals surface area contributed by atoms with Crippen LogP contribution in [0.4, 0.5) is 0 Å². The van der Waals surface area contributed by atoms with Gasteiger partial charge in [0.25, 0.3) is 0 Å². The lowest BCUT2D eigenvalue weighted by Crippen LogP contribution is -2.42. The summed E-state index contributed by atoms with van der Waals surface area (Å²) in [5.74, 6) is 0. The molecule has 0 radical (unpaired) electrons. The lowest BCUT2D eigenvalue weighted by molar-refractivity contribution is -0.0545. The van der Waals surface area contributed by atoms with Gasteiger partial charge in [0, 0.05) is 0 Å². The molecule has 0 unspecified atom stereocenters. The predicted molar refractivity (Wildman–Crippen MR) is 89.6 cm³/mol. The molecule has 112 valence electrons. The maximum Gasteiger partial charge on any atom is 0.185 e. The van der Waals surface area contributed by atoms with E-state index in [0.717, 1.165) is 11.1 Å². The maximum absolute atomic E-state index is 11.0. The quantitative estimate of drug-likeness (QED) is 0.825. The van der Waals surface area contributed by atoms with Gasteiger partial charge in [-0.1, -0.05) is 60.7 Å². The molecule has 2 aromatic carbocycles. The fourth-order valence-corrected chi connectivity index (χ4v) is 4.13. The Bertz CT molecular complexity index is 563. The van der Waals surface area contributed by atoms with Crippen LogP contribution in [0.15, 0.2) is 60.7 Å². The van der Waals surface area contributed by atoms with Crippen LogP contribution in [0, 0.1) is 0 Å². The van der Waals surface area contributed by atoms with Crippen LogP contribution in [-0.2, 0) is 10.0 Å². The SMILES string of the molecule is C[C@](O[Si](C)(C)C)(c1ccccc1)[C@H](O)c1ccccc1. The molecule has 2 nitrogen and oxygen atoms in total. The molecule has 0 spiro atoms. The number of rotatable bonds is 5. The predicted octanol–water partition coefficient (Wildman–Crippen LogP) is 4.49. The molecule has 0 amide bonds. The number of aliphatic hydroxyl groups excluding tert-OH is 1. The Kier molecular flexibility index (Phi) is 4.66. The molecule has 0 aliphatic heterocycles. The highest BCUT2D eigenvalue weighted by molar-refractivity contribution is 6.69. The minimum absolute atomic E-state index is 0.701. The summed E-state index contributed by atoms with van der Waals surface area (Å²) in [5, 5.41) is 11.0. The van der Waals surface area contributed by atoms with E-state index in [1.807, 2.05) is 67.6 Å². The van der Waals surface area contributed by atoms with Crippen molar-refractivity contribution in [3.63, 3.8) is 0 Å². The van der Waals surface area contributed by atoms with E-state index in [4.69, 9.17) is 4.43 Å². The molecule has 0 aromatic heterocycles.